The van der Waals surface area contributed by atoms with E-state index in [2.05, 4.69) is 69.6 Å². The van der Waals surface area contributed by atoms with Crippen LogP contribution in [0.15, 0.2) is 58.4 Å². The van der Waals surface area contributed by atoms with E-state index in [4.69, 9.17) is 0 Å². The van der Waals surface area contributed by atoms with Gasteiger partial charge in [0.1, 0.15) is 6.33 Å². The molecular formula is C22H25BrN4OS. The normalized spacial score (nSPS) is 12.0. The third-order valence-corrected chi connectivity index (χ3v) is 6.28. The van der Waals surface area contributed by atoms with Crippen LogP contribution in [0.2, 0.25) is 0 Å². The molecule has 0 saturated heterocycles. The predicted octanol–water partition coefficient (Wildman–Crippen LogP) is 4.88. The first kappa shape index (κ1) is 21.6. The van der Waals surface area contributed by atoms with Gasteiger partial charge in [-0.25, -0.2) is 0 Å². The van der Waals surface area contributed by atoms with E-state index >= 15 is 0 Å². The zero-order chi connectivity index (χ0) is 20.8. The summed E-state index contributed by atoms with van der Waals surface area (Å²) in [7, 11) is 0. The molecule has 1 atom stereocenters. The number of aryl methyl sites for hydroxylation is 3. The van der Waals surface area contributed by atoms with Gasteiger partial charge in [-0.1, -0.05) is 45.9 Å². The SMILES string of the molecule is Cc1ccc(-n2cnnc2SCC(=O)NC(C)CCc2ccc(Br)cc2)cc1C. The lowest BCUT2D eigenvalue weighted by atomic mass is 10.1. The molecule has 1 aromatic heterocycles. The Hall–Kier alpha value is -2.12. The van der Waals surface area contributed by atoms with Gasteiger partial charge >= 0.3 is 0 Å². The third kappa shape index (κ3) is 6.18. The van der Waals surface area contributed by atoms with Crippen LogP contribution in [0, 0.1) is 13.8 Å². The zero-order valence-electron chi connectivity index (χ0n) is 16.9. The number of halogens is 1. The Kier molecular flexibility index (Phi) is 7.50. The second-order valence-corrected chi connectivity index (χ2v) is 9.03. The van der Waals surface area contributed by atoms with E-state index in [-0.39, 0.29) is 11.9 Å². The number of aromatic nitrogens is 3. The number of nitrogens with zero attached hydrogens (tertiary/aromatic N) is 3. The summed E-state index contributed by atoms with van der Waals surface area (Å²) in [6.07, 6.45) is 3.52. The molecule has 0 fully saturated rings. The monoisotopic (exact) mass is 472 g/mol. The molecule has 0 aliphatic carbocycles. The summed E-state index contributed by atoms with van der Waals surface area (Å²) in [5, 5.41) is 12.0. The molecule has 1 heterocycles. The highest BCUT2D eigenvalue weighted by Crippen LogP contribution is 2.21. The van der Waals surface area contributed by atoms with Crippen molar-refractivity contribution in [3.63, 3.8) is 0 Å². The highest BCUT2D eigenvalue weighted by atomic mass is 79.9. The fourth-order valence-corrected chi connectivity index (χ4v) is 3.93. The average Bonchev–Trinajstić information content (AvgIpc) is 3.17. The fourth-order valence-electron chi connectivity index (χ4n) is 2.93. The Morgan fingerprint density at radius 3 is 2.66 bits per heavy atom. The number of carbonyl (C=O) groups excluding carboxylic acids is 1. The molecule has 0 saturated carbocycles. The minimum atomic E-state index is 0.00735. The van der Waals surface area contributed by atoms with Crippen LogP contribution in [-0.2, 0) is 11.2 Å². The van der Waals surface area contributed by atoms with E-state index in [9.17, 15) is 4.79 Å². The van der Waals surface area contributed by atoms with Crippen molar-refractivity contribution in [2.24, 2.45) is 0 Å². The van der Waals surface area contributed by atoms with Gasteiger partial charge in [-0.15, -0.1) is 10.2 Å². The summed E-state index contributed by atoms with van der Waals surface area (Å²) < 4.78 is 3.00. The van der Waals surface area contributed by atoms with E-state index in [1.165, 1.54) is 28.5 Å². The molecule has 152 valence electrons. The standard InChI is InChI=1S/C22H25BrN4OS/c1-15-4-11-20(12-16(15)2)27-14-24-26-22(27)29-13-21(28)25-17(3)5-6-18-7-9-19(23)10-8-18/h4,7-12,14,17H,5-6,13H2,1-3H3,(H,25,28). The summed E-state index contributed by atoms with van der Waals surface area (Å²) in [4.78, 5) is 12.4. The summed E-state index contributed by atoms with van der Waals surface area (Å²) in [6.45, 7) is 6.21. The quantitative estimate of drug-likeness (QED) is 0.474. The molecule has 0 spiro atoms. The van der Waals surface area contributed by atoms with Gasteiger partial charge < -0.3 is 5.32 Å². The minimum Gasteiger partial charge on any atom is -0.353 e. The lowest BCUT2D eigenvalue weighted by Crippen LogP contribution is -2.34. The molecule has 1 unspecified atom stereocenters. The Bertz CT molecular complexity index is 971. The molecule has 7 heteroatoms. The fraction of sp³-hybridized carbons (Fsp3) is 0.318. The number of amides is 1. The minimum absolute atomic E-state index is 0.00735. The molecular weight excluding hydrogens is 448 g/mol. The summed E-state index contributed by atoms with van der Waals surface area (Å²) in [6, 6.07) is 14.6. The van der Waals surface area contributed by atoms with E-state index in [0.29, 0.717) is 10.9 Å². The van der Waals surface area contributed by atoms with Crippen LogP contribution in [0.4, 0.5) is 0 Å². The molecule has 1 amide bonds. The number of nitrogens with one attached hydrogen (secondary N) is 1. The van der Waals surface area contributed by atoms with Crippen molar-refractivity contribution in [2.75, 3.05) is 5.75 Å². The zero-order valence-corrected chi connectivity index (χ0v) is 19.3. The molecule has 0 aliphatic heterocycles. The van der Waals surface area contributed by atoms with Crippen molar-refractivity contribution in [1.82, 2.24) is 20.1 Å². The Labute approximate surface area is 184 Å². The lowest BCUT2D eigenvalue weighted by Gasteiger charge is -2.14. The van der Waals surface area contributed by atoms with Gasteiger partial charge in [0.05, 0.1) is 5.75 Å². The first-order valence-electron chi connectivity index (χ1n) is 9.56. The van der Waals surface area contributed by atoms with Crippen LogP contribution >= 0.6 is 27.7 Å². The number of hydrogen-bond acceptors (Lipinski definition) is 4. The van der Waals surface area contributed by atoms with Gasteiger partial charge in [0.2, 0.25) is 5.91 Å². The van der Waals surface area contributed by atoms with E-state index in [1.807, 2.05) is 29.7 Å². The van der Waals surface area contributed by atoms with Crippen molar-refractivity contribution in [2.45, 2.75) is 44.8 Å². The van der Waals surface area contributed by atoms with Crippen molar-refractivity contribution >= 4 is 33.6 Å². The largest absolute Gasteiger partial charge is 0.353 e. The van der Waals surface area contributed by atoms with E-state index in [1.54, 1.807) is 6.33 Å². The molecule has 2 aromatic carbocycles. The summed E-state index contributed by atoms with van der Waals surface area (Å²) >= 11 is 4.84. The molecule has 0 bridgehead atoms. The van der Waals surface area contributed by atoms with Crippen molar-refractivity contribution in [3.8, 4) is 5.69 Å². The maximum atomic E-state index is 12.4. The van der Waals surface area contributed by atoms with E-state index in [0.717, 1.165) is 23.0 Å². The molecule has 3 rings (SSSR count). The lowest BCUT2D eigenvalue weighted by molar-refractivity contribution is -0.119. The van der Waals surface area contributed by atoms with Crippen LogP contribution in [0.3, 0.4) is 0 Å². The first-order valence-corrected chi connectivity index (χ1v) is 11.3. The Morgan fingerprint density at radius 1 is 1.17 bits per heavy atom. The second kappa shape index (κ2) is 10.1. The van der Waals surface area contributed by atoms with Gasteiger partial charge in [-0.3, -0.25) is 9.36 Å². The smallest absolute Gasteiger partial charge is 0.230 e. The van der Waals surface area contributed by atoms with Crippen molar-refractivity contribution < 1.29 is 4.79 Å². The van der Waals surface area contributed by atoms with Gasteiger partial charge in [0.25, 0.3) is 0 Å². The van der Waals surface area contributed by atoms with Crippen LogP contribution in [0.5, 0.6) is 0 Å². The predicted molar refractivity (Wildman–Crippen MR) is 122 cm³/mol. The topological polar surface area (TPSA) is 59.8 Å². The number of rotatable bonds is 8. The van der Waals surface area contributed by atoms with Crippen molar-refractivity contribution in [3.05, 3.63) is 70.0 Å². The maximum Gasteiger partial charge on any atom is 0.230 e. The number of benzene rings is 2. The summed E-state index contributed by atoms with van der Waals surface area (Å²) in [5.41, 5.74) is 4.73. The van der Waals surface area contributed by atoms with E-state index < -0.39 is 0 Å². The maximum absolute atomic E-state index is 12.4. The molecule has 1 N–H and O–H groups in total. The Balaban J connectivity index is 1.50. The first-order chi connectivity index (χ1) is 13.9. The molecule has 3 aromatic rings. The van der Waals surface area contributed by atoms with Crippen molar-refractivity contribution in [1.29, 1.82) is 0 Å². The average molecular weight is 473 g/mol. The molecule has 0 radical (unpaired) electrons. The number of carbonyl (C=O) groups is 1. The Morgan fingerprint density at radius 2 is 1.93 bits per heavy atom. The molecule has 0 aliphatic rings. The van der Waals surface area contributed by atoms with Crippen LogP contribution in [-0.4, -0.2) is 32.5 Å². The molecule has 5 nitrogen and oxygen atoms in total. The van der Waals surface area contributed by atoms with Crippen LogP contribution in [0.25, 0.3) is 5.69 Å². The van der Waals surface area contributed by atoms with Crippen LogP contribution in [0.1, 0.15) is 30.0 Å². The van der Waals surface area contributed by atoms with Gasteiger partial charge in [0.15, 0.2) is 5.16 Å². The van der Waals surface area contributed by atoms with Gasteiger partial charge in [0, 0.05) is 16.2 Å². The highest BCUT2D eigenvalue weighted by Gasteiger charge is 2.12. The van der Waals surface area contributed by atoms with Crippen LogP contribution < -0.4 is 5.32 Å². The summed E-state index contributed by atoms with van der Waals surface area (Å²) in [5.74, 6) is 0.319. The van der Waals surface area contributed by atoms with Gasteiger partial charge in [-0.2, -0.15) is 0 Å². The highest BCUT2D eigenvalue weighted by molar-refractivity contribution is 9.10. The third-order valence-electron chi connectivity index (χ3n) is 4.80. The molecule has 29 heavy (non-hydrogen) atoms. The second-order valence-electron chi connectivity index (χ2n) is 7.17. The number of thioether (sulfide) groups is 1. The van der Waals surface area contributed by atoms with Gasteiger partial charge in [-0.05, 0) is 74.6 Å². The number of hydrogen-bond donors (Lipinski definition) is 1.